The van der Waals surface area contributed by atoms with Crippen molar-refractivity contribution in [1.82, 2.24) is 0 Å². The summed E-state index contributed by atoms with van der Waals surface area (Å²) in [6.07, 6.45) is 4.73. The zero-order chi connectivity index (χ0) is 9.52. The summed E-state index contributed by atoms with van der Waals surface area (Å²) in [5.74, 6) is 0.454. The number of hydrogen-bond donors (Lipinski definition) is 0. The lowest BCUT2D eigenvalue weighted by Crippen LogP contribution is -2.16. The van der Waals surface area contributed by atoms with Crippen LogP contribution in [0.25, 0.3) is 0 Å². The molecule has 13 heavy (non-hydrogen) atoms. The van der Waals surface area contributed by atoms with Gasteiger partial charge in [0.1, 0.15) is 6.61 Å². The Labute approximate surface area is 78.7 Å². The Balaban J connectivity index is 2.25. The van der Waals surface area contributed by atoms with E-state index in [1.54, 1.807) is 0 Å². The highest BCUT2D eigenvalue weighted by atomic mass is 16.5. The second kappa shape index (κ2) is 5.75. The van der Waals surface area contributed by atoms with Crippen molar-refractivity contribution in [2.24, 2.45) is 0 Å². The molecule has 0 aromatic carbocycles. The second-order valence-corrected chi connectivity index (χ2v) is 3.03. The van der Waals surface area contributed by atoms with Crippen LogP contribution in [0.1, 0.15) is 26.2 Å². The molecule has 0 fully saturated rings. The molecule has 1 heterocycles. The van der Waals surface area contributed by atoms with Gasteiger partial charge in [0.05, 0.1) is 6.61 Å². The van der Waals surface area contributed by atoms with Gasteiger partial charge >= 0.3 is 0 Å². The monoisotopic (exact) mass is 184 g/mol. The van der Waals surface area contributed by atoms with Crippen LogP contribution < -0.4 is 0 Å². The van der Waals surface area contributed by atoms with Crippen LogP contribution in [-0.2, 0) is 14.3 Å². The fraction of sp³-hybridized carbons (Fsp3) is 0.700. The average molecular weight is 184 g/mol. The molecular weight excluding hydrogens is 168 g/mol. The van der Waals surface area contributed by atoms with Crippen molar-refractivity contribution in [3.63, 3.8) is 0 Å². The summed E-state index contributed by atoms with van der Waals surface area (Å²) in [5, 5.41) is 0. The molecule has 3 heteroatoms. The standard InChI is InChI=1S/C10H16O3/c1-2-6-12-8-9(11)10-5-3-4-7-13-10/h5H,2-4,6-8H2,1H3. The first kappa shape index (κ1) is 10.3. The zero-order valence-electron chi connectivity index (χ0n) is 8.04. The van der Waals surface area contributed by atoms with Gasteiger partial charge in [0.15, 0.2) is 5.76 Å². The quantitative estimate of drug-likeness (QED) is 0.610. The van der Waals surface area contributed by atoms with Gasteiger partial charge in [0.2, 0.25) is 5.78 Å². The molecule has 74 valence electrons. The molecule has 0 atom stereocenters. The van der Waals surface area contributed by atoms with Crippen molar-refractivity contribution in [3.8, 4) is 0 Å². The highest BCUT2D eigenvalue weighted by molar-refractivity contribution is 5.94. The van der Waals surface area contributed by atoms with Crippen molar-refractivity contribution in [1.29, 1.82) is 0 Å². The van der Waals surface area contributed by atoms with Gasteiger partial charge in [-0.15, -0.1) is 0 Å². The van der Waals surface area contributed by atoms with Crippen LogP contribution in [0.4, 0.5) is 0 Å². The highest BCUT2D eigenvalue weighted by Crippen LogP contribution is 2.10. The van der Waals surface area contributed by atoms with Gasteiger partial charge in [0, 0.05) is 6.61 Å². The smallest absolute Gasteiger partial charge is 0.222 e. The predicted octanol–water partition coefficient (Wildman–Crippen LogP) is 1.68. The lowest BCUT2D eigenvalue weighted by molar-refractivity contribution is -0.123. The van der Waals surface area contributed by atoms with Crippen molar-refractivity contribution in [3.05, 3.63) is 11.8 Å². The van der Waals surface area contributed by atoms with Crippen LogP contribution in [-0.4, -0.2) is 25.6 Å². The van der Waals surface area contributed by atoms with Gasteiger partial charge in [-0.1, -0.05) is 6.92 Å². The first-order chi connectivity index (χ1) is 6.34. The molecule has 0 aliphatic carbocycles. The van der Waals surface area contributed by atoms with Crippen LogP contribution >= 0.6 is 0 Å². The summed E-state index contributed by atoms with van der Waals surface area (Å²) in [5.41, 5.74) is 0. The van der Waals surface area contributed by atoms with E-state index >= 15 is 0 Å². The van der Waals surface area contributed by atoms with Crippen molar-refractivity contribution >= 4 is 5.78 Å². The fourth-order valence-corrected chi connectivity index (χ4v) is 1.13. The minimum atomic E-state index is -0.0341. The molecule has 3 nitrogen and oxygen atoms in total. The largest absolute Gasteiger partial charge is 0.490 e. The number of ketones is 1. The van der Waals surface area contributed by atoms with Crippen LogP contribution in [0.2, 0.25) is 0 Å². The van der Waals surface area contributed by atoms with Crippen molar-refractivity contribution in [2.45, 2.75) is 26.2 Å². The van der Waals surface area contributed by atoms with E-state index in [4.69, 9.17) is 9.47 Å². The number of ether oxygens (including phenoxy) is 2. The number of carbonyl (C=O) groups is 1. The van der Waals surface area contributed by atoms with Crippen LogP contribution in [0, 0.1) is 0 Å². The number of carbonyl (C=O) groups excluding carboxylic acids is 1. The zero-order valence-corrected chi connectivity index (χ0v) is 8.04. The van der Waals surface area contributed by atoms with Crippen LogP contribution in [0.3, 0.4) is 0 Å². The van der Waals surface area contributed by atoms with Gasteiger partial charge in [-0.2, -0.15) is 0 Å². The van der Waals surface area contributed by atoms with Crippen LogP contribution in [0.15, 0.2) is 11.8 Å². The van der Waals surface area contributed by atoms with Crippen LogP contribution in [0.5, 0.6) is 0 Å². The summed E-state index contributed by atoms with van der Waals surface area (Å²) in [6.45, 7) is 3.46. The summed E-state index contributed by atoms with van der Waals surface area (Å²) in [6, 6.07) is 0. The lowest BCUT2D eigenvalue weighted by atomic mass is 10.2. The molecule has 0 bridgehead atoms. The molecule has 0 saturated carbocycles. The third kappa shape index (κ3) is 3.59. The number of Topliss-reactive ketones (excluding diaryl/α,β-unsaturated/α-hetero) is 1. The lowest BCUT2D eigenvalue weighted by Gasteiger charge is -2.13. The summed E-state index contributed by atoms with van der Waals surface area (Å²) in [4.78, 5) is 11.4. The van der Waals surface area contributed by atoms with E-state index in [-0.39, 0.29) is 12.4 Å². The third-order valence-electron chi connectivity index (χ3n) is 1.79. The number of allylic oxidation sites excluding steroid dienone is 1. The summed E-state index contributed by atoms with van der Waals surface area (Å²) < 4.78 is 10.3. The van der Waals surface area contributed by atoms with Gasteiger partial charge in [-0.05, 0) is 25.3 Å². The normalized spacial score (nSPS) is 16.2. The number of rotatable bonds is 5. The van der Waals surface area contributed by atoms with E-state index in [0.717, 1.165) is 19.3 Å². The SMILES string of the molecule is CCCOCC(=O)C1=CCCCO1. The minimum Gasteiger partial charge on any atom is -0.490 e. The first-order valence-corrected chi connectivity index (χ1v) is 4.78. The molecule has 0 aromatic heterocycles. The topological polar surface area (TPSA) is 35.5 Å². The van der Waals surface area contributed by atoms with E-state index < -0.39 is 0 Å². The Morgan fingerprint density at radius 1 is 1.69 bits per heavy atom. The minimum absolute atomic E-state index is 0.0341. The highest BCUT2D eigenvalue weighted by Gasteiger charge is 2.13. The molecule has 0 spiro atoms. The Hall–Kier alpha value is -0.830. The molecule has 0 saturated heterocycles. The Bertz CT molecular complexity index is 196. The molecule has 0 N–H and O–H groups in total. The van der Waals surface area contributed by atoms with Gasteiger partial charge in [-0.25, -0.2) is 0 Å². The molecule has 1 rings (SSSR count). The Kier molecular flexibility index (Phi) is 4.54. The van der Waals surface area contributed by atoms with Gasteiger partial charge < -0.3 is 9.47 Å². The Morgan fingerprint density at radius 3 is 3.15 bits per heavy atom. The van der Waals surface area contributed by atoms with E-state index in [9.17, 15) is 4.79 Å². The summed E-state index contributed by atoms with van der Waals surface area (Å²) >= 11 is 0. The second-order valence-electron chi connectivity index (χ2n) is 3.03. The fourth-order valence-electron chi connectivity index (χ4n) is 1.13. The maximum atomic E-state index is 11.4. The number of hydrogen-bond acceptors (Lipinski definition) is 3. The van der Waals surface area contributed by atoms with E-state index in [1.165, 1.54) is 0 Å². The Morgan fingerprint density at radius 2 is 2.54 bits per heavy atom. The van der Waals surface area contributed by atoms with E-state index in [1.807, 2.05) is 13.0 Å². The van der Waals surface area contributed by atoms with Crippen molar-refractivity contribution < 1.29 is 14.3 Å². The average Bonchev–Trinajstić information content (AvgIpc) is 2.19. The molecular formula is C10H16O3. The van der Waals surface area contributed by atoms with E-state index in [0.29, 0.717) is 19.0 Å². The molecule has 0 unspecified atom stereocenters. The summed E-state index contributed by atoms with van der Waals surface area (Å²) in [7, 11) is 0. The van der Waals surface area contributed by atoms with Gasteiger partial charge in [-0.3, -0.25) is 4.79 Å². The van der Waals surface area contributed by atoms with Gasteiger partial charge in [0.25, 0.3) is 0 Å². The molecule has 1 aliphatic heterocycles. The predicted molar refractivity (Wildman–Crippen MR) is 49.4 cm³/mol. The first-order valence-electron chi connectivity index (χ1n) is 4.78. The molecule has 1 aliphatic rings. The molecule has 0 radical (unpaired) electrons. The third-order valence-corrected chi connectivity index (χ3v) is 1.79. The van der Waals surface area contributed by atoms with Crippen molar-refractivity contribution in [2.75, 3.05) is 19.8 Å². The van der Waals surface area contributed by atoms with E-state index in [2.05, 4.69) is 0 Å². The maximum absolute atomic E-state index is 11.4. The maximum Gasteiger partial charge on any atom is 0.222 e. The molecule has 0 amide bonds. The molecule has 0 aromatic rings.